The summed E-state index contributed by atoms with van der Waals surface area (Å²) in [6.45, 7) is 4.43. The summed E-state index contributed by atoms with van der Waals surface area (Å²) in [5.41, 5.74) is 0.330. The van der Waals surface area contributed by atoms with E-state index in [1.807, 2.05) is 0 Å². The van der Waals surface area contributed by atoms with Crippen molar-refractivity contribution in [1.29, 1.82) is 0 Å². The van der Waals surface area contributed by atoms with Crippen molar-refractivity contribution in [2.75, 3.05) is 31.9 Å². The van der Waals surface area contributed by atoms with Crippen molar-refractivity contribution in [3.05, 3.63) is 41.5 Å². The molecule has 2 heterocycles. The van der Waals surface area contributed by atoms with Gasteiger partial charge in [0.1, 0.15) is 16.4 Å². The van der Waals surface area contributed by atoms with Crippen LogP contribution < -0.4 is 0 Å². The first-order valence-electron chi connectivity index (χ1n) is 8.89. The molecule has 7 nitrogen and oxygen atoms in total. The molecule has 3 rings (SSSR count). The zero-order chi connectivity index (χ0) is 20.3. The summed E-state index contributed by atoms with van der Waals surface area (Å²) in [5.74, 6) is -0.119. The first kappa shape index (κ1) is 20.8. The van der Waals surface area contributed by atoms with Crippen LogP contribution in [0.5, 0.6) is 0 Å². The lowest BCUT2D eigenvalue weighted by molar-refractivity contribution is -0.128. The van der Waals surface area contributed by atoms with Crippen LogP contribution in [0.3, 0.4) is 0 Å². The fourth-order valence-electron chi connectivity index (χ4n) is 3.15. The molecule has 28 heavy (non-hydrogen) atoms. The largest absolute Gasteiger partial charge is 0.360 e. The van der Waals surface area contributed by atoms with Crippen LogP contribution >= 0.6 is 11.8 Å². The predicted octanol–water partition coefficient (Wildman–Crippen LogP) is 2.45. The van der Waals surface area contributed by atoms with Crippen LogP contribution in [0, 0.1) is 19.7 Å². The fourth-order valence-corrected chi connectivity index (χ4v) is 5.75. The third-order valence-electron chi connectivity index (χ3n) is 4.56. The molecule has 0 atom stereocenters. The SMILES string of the molecule is Cc1noc(C)c1S(=O)(=O)N1CCCN(C(=O)CSc2ccccc2F)CC1. The van der Waals surface area contributed by atoms with Gasteiger partial charge < -0.3 is 9.42 Å². The van der Waals surface area contributed by atoms with E-state index in [0.29, 0.717) is 36.6 Å². The monoisotopic (exact) mass is 427 g/mol. The van der Waals surface area contributed by atoms with Crippen LogP contribution in [0.15, 0.2) is 38.6 Å². The number of carbonyl (C=O) groups excluding carboxylic acids is 1. The van der Waals surface area contributed by atoms with Gasteiger partial charge in [0.2, 0.25) is 15.9 Å². The second-order valence-electron chi connectivity index (χ2n) is 6.51. The second-order valence-corrected chi connectivity index (χ2v) is 9.40. The highest BCUT2D eigenvalue weighted by Gasteiger charge is 2.32. The molecule has 1 aliphatic heterocycles. The molecular weight excluding hydrogens is 405 g/mol. The Labute approximate surface area is 167 Å². The molecule has 1 amide bonds. The lowest BCUT2D eigenvalue weighted by atomic mass is 10.3. The van der Waals surface area contributed by atoms with Gasteiger partial charge in [0.15, 0.2) is 5.76 Å². The molecule has 0 bridgehead atoms. The van der Waals surface area contributed by atoms with E-state index in [-0.39, 0.29) is 34.7 Å². The van der Waals surface area contributed by atoms with Gasteiger partial charge in [-0.15, -0.1) is 11.8 Å². The van der Waals surface area contributed by atoms with E-state index in [0.717, 1.165) is 11.8 Å². The molecule has 0 spiro atoms. The molecule has 1 fully saturated rings. The van der Waals surface area contributed by atoms with Gasteiger partial charge in [0.25, 0.3) is 0 Å². The van der Waals surface area contributed by atoms with Gasteiger partial charge in [-0.25, -0.2) is 12.8 Å². The molecule has 0 radical (unpaired) electrons. The van der Waals surface area contributed by atoms with Crippen molar-refractivity contribution in [2.24, 2.45) is 0 Å². The zero-order valence-electron chi connectivity index (χ0n) is 15.7. The Balaban J connectivity index is 1.63. The average Bonchev–Trinajstić information content (AvgIpc) is 2.86. The van der Waals surface area contributed by atoms with Gasteiger partial charge in [-0.1, -0.05) is 17.3 Å². The number of aryl methyl sites for hydroxylation is 2. The van der Waals surface area contributed by atoms with E-state index in [4.69, 9.17) is 4.52 Å². The molecule has 1 saturated heterocycles. The molecule has 1 aromatic carbocycles. The quantitative estimate of drug-likeness (QED) is 0.682. The summed E-state index contributed by atoms with van der Waals surface area (Å²) in [5, 5.41) is 3.73. The Morgan fingerprint density at radius 3 is 2.64 bits per heavy atom. The van der Waals surface area contributed by atoms with E-state index >= 15 is 0 Å². The summed E-state index contributed by atoms with van der Waals surface area (Å²) < 4.78 is 46.0. The number of aromatic nitrogens is 1. The average molecular weight is 428 g/mol. The van der Waals surface area contributed by atoms with E-state index < -0.39 is 10.0 Å². The van der Waals surface area contributed by atoms with Crippen LogP contribution in [0.1, 0.15) is 17.9 Å². The zero-order valence-corrected chi connectivity index (χ0v) is 17.4. The Hall–Kier alpha value is -1.91. The highest BCUT2D eigenvalue weighted by molar-refractivity contribution is 8.00. The summed E-state index contributed by atoms with van der Waals surface area (Å²) in [6.07, 6.45) is 0.526. The minimum Gasteiger partial charge on any atom is -0.360 e. The topological polar surface area (TPSA) is 83.7 Å². The smallest absolute Gasteiger partial charge is 0.248 e. The number of hydrogen-bond donors (Lipinski definition) is 0. The number of halogens is 1. The third kappa shape index (κ3) is 4.39. The number of hydrogen-bond acceptors (Lipinski definition) is 6. The van der Waals surface area contributed by atoms with Crippen LogP contribution in [-0.2, 0) is 14.8 Å². The Morgan fingerprint density at radius 2 is 1.96 bits per heavy atom. The number of rotatable bonds is 5. The molecule has 1 aliphatic rings. The van der Waals surface area contributed by atoms with E-state index in [2.05, 4.69) is 5.16 Å². The maximum absolute atomic E-state index is 13.7. The summed E-state index contributed by atoms with van der Waals surface area (Å²) in [7, 11) is -3.73. The van der Waals surface area contributed by atoms with Crippen molar-refractivity contribution in [3.8, 4) is 0 Å². The Morgan fingerprint density at radius 1 is 1.21 bits per heavy atom. The van der Waals surface area contributed by atoms with Crippen LogP contribution in [0.2, 0.25) is 0 Å². The number of amides is 1. The van der Waals surface area contributed by atoms with Gasteiger partial charge in [-0.2, -0.15) is 4.31 Å². The van der Waals surface area contributed by atoms with Gasteiger partial charge in [-0.05, 0) is 32.4 Å². The van der Waals surface area contributed by atoms with E-state index in [9.17, 15) is 17.6 Å². The number of thioether (sulfide) groups is 1. The molecule has 0 aliphatic carbocycles. The maximum atomic E-state index is 13.7. The molecule has 152 valence electrons. The standard InChI is InChI=1S/C18H22FN3O4S2/c1-13-18(14(2)26-20-13)28(24,25)22-9-5-8-21(10-11-22)17(23)12-27-16-7-4-3-6-15(16)19/h3-4,6-7H,5,8-12H2,1-2H3. The van der Waals surface area contributed by atoms with Crippen molar-refractivity contribution < 1.29 is 22.1 Å². The number of nitrogens with zero attached hydrogens (tertiary/aromatic N) is 3. The normalized spacial score (nSPS) is 16.2. The highest BCUT2D eigenvalue weighted by atomic mass is 32.2. The number of sulfonamides is 1. The number of carbonyl (C=O) groups is 1. The minimum absolute atomic E-state index is 0.0994. The van der Waals surface area contributed by atoms with Crippen molar-refractivity contribution in [2.45, 2.75) is 30.1 Å². The minimum atomic E-state index is -3.73. The van der Waals surface area contributed by atoms with E-state index in [1.165, 1.54) is 10.4 Å². The molecule has 2 aromatic rings. The van der Waals surface area contributed by atoms with Gasteiger partial charge in [0.05, 0.1) is 5.75 Å². The van der Waals surface area contributed by atoms with Crippen LogP contribution in [0.4, 0.5) is 4.39 Å². The van der Waals surface area contributed by atoms with Gasteiger partial charge >= 0.3 is 0 Å². The molecular formula is C18H22FN3O4S2. The Bertz CT molecular complexity index is 942. The van der Waals surface area contributed by atoms with Gasteiger partial charge in [0, 0.05) is 31.1 Å². The lowest BCUT2D eigenvalue weighted by Gasteiger charge is -2.21. The summed E-state index contributed by atoms with van der Waals surface area (Å²) >= 11 is 1.15. The molecule has 1 aromatic heterocycles. The molecule has 10 heteroatoms. The van der Waals surface area contributed by atoms with E-state index in [1.54, 1.807) is 36.9 Å². The predicted molar refractivity (Wildman–Crippen MR) is 103 cm³/mol. The Kier molecular flexibility index (Phi) is 6.41. The molecule has 0 saturated carbocycles. The first-order valence-corrected chi connectivity index (χ1v) is 11.3. The van der Waals surface area contributed by atoms with Crippen molar-refractivity contribution in [1.82, 2.24) is 14.4 Å². The summed E-state index contributed by atoms with van der Waals surface area (Å²) in [6, 6.07) is 6.31. The van der Waals surface area contributed by atoms with Crippen LogP contribution in [0.25, 0.3) is 0 Å². The highest BCUT2D eigenvalue weighted by Crippen LogP contribution is 2.25. The summed E-state index contributed by atoms with van der Waals surface area (Å²) in [4.78, 5) is 14.7. The fraction of sp³-hybridized carbons (Fsp3) is 0.444. The first-order chi connectivity index (χ1) is 13.3. The number of benzene rings is 1. The van der Waals surface area contributed by atoms with Crippen LogP contribution in [-0.4, -0.2) is 60.6 Å². The lowest BCUT2D eigenvalue weighted by Crippen LogP contribution is -2.38. The maximum Gasteiger partial charge on any atom is 0.248 e. The van der Waals surface area contributed by atoms with Crippen molar-refractivity contribution >= 4 is 27.7 Å². The molecule has 0 unspecified atom stereocenters. The van der Waals surface area contributed by atoms with Gasteiger partial charge in [-0.3, -0.25) is 4.79 Å². The molecule has 0 N–H and O–H groups in total. The third-order valence-corrected chi connectivity index (χ3v) is 7.74. The second kappa shape index (κ2) is 8.62. The van der Waals surface area contributed by atoms with Crippen molar-refractivity contribution in [3.63, 3.8) is 0 Å².